The van der Waals surface area contributed by atoms with Gasteiger partial charge in [0.1, 0.15) is 0 Å². The summed E-state index contributed by atoms with van der Waals surface area (Å²) >= 11 is 0. The second kappa shape index (κ2) is 2.65. The zero-order chi connectivity index (χ0) is 6.69. The number of nitrogens with zero attached hydrogens (tertiary/aromatic N) is 1. The van der Waals surface area contributed by atoms with Crippen molar-refractivity contribution in [3.63, 3.8) is 0 Å². The van der Waals surface area contributed by atoms with Crippen LogP contribution in [0.1, 0.15) is 19.8 Å². The van der Waals surface area contributed by atoms with Crippen LogP contribution in [0.3, 0.4) is 0 Å². The van der Waals surface area contributed by atoms with Crippen LogP contribution in [0, 0.1) is 5.92 Å². The Morgan fingerprint density at radius 2 is 2.56 bits per heavy atom. The highest BCUT2D eigenvalue weighted by atomic mass is 14.5. The van der Waals surface area contributed by atoms with Crippen LogP contribution in [-0.2, 0) is 0 Å². The van der Waals surface area contributed by atoms with E-state index in [-0.39, 0.29) is 0 Å². The van der Waals surface area contributed by atoms with Crippen molar-refractivity contribution in [2.75, 3.05) is 0 Å². The molecule has 1 heteroatoms. The van der Waals surface area contributed by atoms with Crippen molar-refractivity contribution >= 4 is 12.4 Å². The predicted octanol–water partition coefficient (Wildman–Crippen LogP) is 1.18. The molecule has 0 saturated carbocycles. The molecule has 1 aliphatic carbocycles. The summed E-state index contributed by atoms with van der Waals surface area (Å²) in [6, 6.07) is 0. The summed E-state index contributed by atoms with van der Waals surface area (Å²) < 4.78 is 3.91. The van der Waals surface area contributed by atoms with Gasteiger partial charge in [0.2, 0.25) is 0 Å². The molecule has 0 fully saturated rings. The molecule has 9 heavy (non-hydrogen) atoms. The summed E-state index contributed by atoms with van der Waals surface area (Å²) in [5, 5.41) is 0. The SMILES string of the molecule is C=[N+]=C1C=CCC[C@H]1C. The van der Waals surface area contributed by atoms with Crippen LogP contribution in [0.5, 0.6) is 0 Å². The predicted molar refractivity (Wildman–Crippen MR) is 41.8 cm³/mol. The fraction of sp³-hybridized carbons (Fsp3) is 0.500. The molecule has 1 aliphatic rings. The highest BCUT2D eigenvalue weighted by Gasteiger charge is 2.17. The van der Waals surface area contributed by atoms with E-state index in [2.05, 4.69) is 30.5 Å². The Hall–Kier alpha value is -0.810. The van der Waals surface area contributed by atoms with Crippen LogP contribution < -0.4 is 4.67 Å². The lowest BCUT2D eigenvalue weighted by atomic mass is 9.95. The van der Waals surface area contributed by atoms with E-state index in [0.29, 0.717) is 5.92 Å². The van der Waals surface area contributed by atoms with Gasteiger partial charge in [-0.25, -0.2) is 0 Å². The van der Waals surface area contributed by atoms with Gasteiger partial charge in [-0.15, -0.1) is 4.67 Å². The fourth-order valence-corrected chi connectivity index (χ4v) is 1.07. The molecular formula is C8H12N+. The average molecular weight is 122 g/mol. The van der Waals surface area contributed by atoms with Gasteiger partial charge in [0.15, 0.2) is 0 Å². The highest BCUT2D eigenvalue weighted by molar-refractivity contribution is 5.96. The van der Waals surface area contributed by atoms with Crippen LogP contribution in [0.2, 0.25) is 0 Å². The molecule has 1 nitrogen and oxygen atoms in total. The summed E-state index contributed by atoms with van der Waals surface area (Å²) in [5.41, 5.74) is 1.14. The zero-order valence-electron chi connectivity index (χ0n) is 5.80. The minimum atomic E-state index is 0.618. The van der Waals surface area contributed by atoms with Gasteiger partial charge in [-0.05, 0) is 12.8 Å². The van der Waals surface area contributed by atoms with E-state index in [1.54, 1.807) is 0 Å². The smallest absolute Gasteiger partial charge is 0.105 e. The number of hydrogen-bond donors (Lipinski definition) is 0. The molecule has 0 amide bonds. The van der Waals surface area contributed by atoms with Crippen LogP contribution in [0.15, 0.2) is 12.2 Å². The largest absolute Gasteiger partial charge is 0.305 e. The zero-order valence-corrected chi connectivity index (χ0v) is 5.80. The summed E-state index contributed by atoms with van der Waals surface area (Å²) in [7, 11) is 0. The molecule has 0 radical (unpaired) electrons. The van der Waals surface area contributed by atoms with Gasteiger partial charge in [0.05, 0.1) is 5.92 Å². The lowest BCUT2D eigenvalue weighted by Gasteiger charge is -2.04. The Morgan fingerprint density at radius 1 is 1.78 bits per heavy atom. The van der Waals surface area contributed by atoms with Gasteiger partial charge in [-0.2, -0.15) is 0 Å². The Labute approximate surface area is 55.8 Å². The Morgan fingerprint density at radius 3 is 3.00 bits per heavy atom. The van der Waals surface area contributed by atoms with E-state index in [1.165, 1.54) is 12.8 Å². The molecule has 1 rings (SSSR count). The highest BCUT2D eigenvalue weighted by Crippen LogP contribution is 2.12. The lowest BCUT2D eigenvalue weighted by molar-refractivity contribution is 0.684. The van der Waals surface area contributed by atoms with E-state index in [4.69, 9.17) is 0 Å². The number of hydrogen-bond acceptors (Lipinski definition) is 0. The Kier molecular flexibility index (Phi) is 1.86. The maximum Gasteiger partial charge on any atom is 0.305 e. The fourth-order valence-electron chi connectivity index (χ4n) is 1.07. The maximum absolute atomic E-state index is 3.91. The third kappa shape index (κ3) is 1.30. The van der Waals surface area contributed by atoms with Gasteiger partial charge >= 0.3 is 5.71 Å². The third-order valence-corrected chi connectivity index (χ3v) is 1.74. The van der Waals surface area contributed by atoms with E-state index >= 15 is 0 Å². The normalized spacial score (nSPS) is 25.9. The summed E-state index contributed by atoms with van der Waals surface area (Å²) in [5.74, 6) is 0.618. The standard InChI is InChI=1S/C8H12N/c1-7-5-3-4-6-8(7)9-2/h4,6-7H,2-3,5H2,1H3/q+1/t7-/m1/s1. The first-order valence-corrected chi connectivity index (χ1v) is 3.34. The molecule has 0 bridgehead atoms. The van der Waals surface area contributed by atoms with Crippen molar-refractivity contribution in [1.29, 1.82) is 0 Å². The summed E-state index contributed by atoms with van der Waals surface area (Å²) in [6.45, 7) is 5.68. The monoisotopic (exact) mass is 122 g/mol. The van der Waals surface area contributed by atoms with Crippen LogP contribution in [0.4, 0.5) is 0 Å². The van der Waals surface area contributed by atoms with Crippen molar-refractivity contribution < 1.29 is 0 Å². The van der Waals surface area contributed by atoms with E-state index in [9.17, 15) is 0 Å². The quantitative estimate of drug-likeness (QED) is 0.338. The third-order valence-electron chi connectivity index (χ3n) is 1.74. The molecule has 1 atom stereocenters. The molecule has 0 spiro atoms. The van der Waals surface area contributed by atoms with Crippen LogP contribution >= 0.6 is 0 Å². The first-order valence-electron chi connectivity index (χ1n) is 3.34. The van der Waals surface area contributed by atoms with E-state index in [0.717, 1.165) is 5.71 Å². The van der Waals surface area contributed by atoms with Crippen LogP contribution in [0.25, 0.3) is 0 Å². The molecule has 0 aliphatic heterocycles. The van der Waals surface area contributed by atoms with Gasteiger partial charge < -0.3 is 0 Å². The van der Waals surface area contributed by atoms with Crippen LogP contribution in [-0.4, -0.2) is 12.4 Å². The summed E-state index contributed by atoms with van der Waals surface area (Å²) in [4.78, 5) is 0. The molecular weight excluding hydrogens is 110 g/mol. The van der Waals surface area contributed by atoms with Gasteiger partial charge in [0, 0.05) is 6.08 Å². The van der Waals surface area contributed by atoms with Gasteiger partial charge in [0.25, 0.3) is 6.72 Å². The molecule has 0 aromatic heterocycles. The van der Waals surface area contributed by atoms with E-state index < -0.39 is 0 Å². The first-order chi connectivity index (χ1) is 4.34. The number of rotatable bonds is 0. The average Bonchev–Trinajstić information content (AvgIpc) is 1.89. The minimum absolute atomic E-state index is 0.618. The van der Waals surface area contributed by atoms with Crippen molar-refractivity contribution in [1.82, 2.24) is 4.67 Å². The lowest BCUT2D eigenvalue weighted by Crippen LogP contribution is -2.13. The van der Waals surface area contributed by atoms with Crippen molar-refractivity contribution in [3.05, 3.63) is 12.2 Å². The summed E-state index contributed by atoms with van der Waals surface area (Å²) in [6.07, 6.45) is 6.65. The second-order valence-electron chi connectivity index (χ2n) is 2.46. The molecule has 0 unspecified atom stereocenters. The van der Waals surface area contributed by atoms with Gasteiger partial charge in [-0.1, -0.05) is 13.0 Å². The van der Waals surface area contributed by atoms with Crippen molar-refractivity contribution in [2.45, 2.75) is 19.8 Å². The second-order valence-corrected chi connectivity index (χ2v) is 2.46. The Balaban J connectivity index is 2.80. The number of allylic oxidation sites excluding steroid dienone is 2. The minimum Gasteiger partial charge on any atom is -0.105 e. The first kappa shape index (κ1) is 6.31. The molecule has 48 valence electrons. The topological polar surface area (TPSA) is 14.1 Å². The molecule has 0 N–H and O–H groups in total. The maximum atomic E-state index is 3.91. The molecule has 0 aromatic carbocycles. The van der Waals surface area contributed by atoms with Crippen molar-refractivity contribution in [3.8, 4) is 0 Å². The molecule has 0 saturated heterocycles. The van der Waals surface area contributed by atoms with E-state index in [1.807, 2.05) is 0 Å². The van der Waals surface area contributed by atoms with Gasteiger partial charge in [-0.3, -0.25) is 0 Å². The Bertz CT molecular complexity index is 173. The molecule has 0 aromatic rings. The molecule has 0 heterocycles. The van der Waals surface area contributed by atoms with Crippen molar-refractivity contribution in [2.24, 2.45) is 5.92 Å².